The van der Waals surface area contributed by atoms with Gasteiger partial charge in [0.1, 0.15) is 22.9 Å². The van der Waals surface area contributed by atoms with Gasteiger partial charge in [-0.05, 0) is 39.0 Å². The Morgan fingerprint density at radius 1 is 1.10 bits per heavy atom. The zero-order valence-corrected chi connectivity index (χ0v) is 16.3. The average molecular weight is 437 g/mol. The number of nitrogens with zero attached hydrogens (tertiary/aromatic N) is 1. The Kier molecular flexibility index (Phi) is 6.46. The van der Waals surface area contributed by atoms with Gasteiger partial charge in [0.25, 0.3) is 5.69 Å². The highest BCUT2D eigenvalue weighted by molar-refractivity contribution is 6.32. The van der Waals surface area contributed by atoms with Crippen LogP contribution >= 0.6 is 11.6 Å². The second kappa shape index (κ2) is 8.32. The molecule has 0 unspecified atom stereocenters. The monoisotopic (exact) mass is 436 g/mol. The molecule has 6 nitrogen and oxygen atoms in total. The van der Waals surface area contributed by atoms with E-state index in [1.165, 1.54) is 18.2 Å². The van der Waals surface area contributed by atoms with Gasteiger partial charge in [-0.3, -0.25) is 10.1 Å². The van der Waals surface area contributed by atoms with Crippen LogP contribution in [0.4, 0.5) is 28.9 Å². The minimum Gasteiger partial charge on any atom is -0.456 e. The highest BCUT2D eigenvalue weighted by Crippen LogP contribution is 2.37. The van der Waals surface area contributed by atoms with E-state index >= 15 is 0 Å². The number of nitrogens with one attached hydrogen (secondary N) is 1. The van der Waals surface area contributed by atoms with Crippen LogP contribution in [0.25, 0.3) is 0 Å². The van der Waals surface area contributed by atoms with Gasteiger partial charge in [-0.15, -0.1) is 0 Å². The number of hydrogen-bond acceptors (Lipinski definition) is 5. The molecule has 2 rings (SSSR count). The van der Waals surface area contributed by atoms with E-state index in [-0.39, 0.29) is 27.9 Å². The van der Waals surface area contributed by atoms with Crippen LogP contribution in [0.5, 0.6) is 17.2 Å². The van der Waals surface area contributed by atoms with Crippen LogP contribution in [-0.4, -0.2) is 23.0 Å². The first-order valence-electron chi connectivity index (χ1n) is 8.17. The molecule has 0 aliphatic rings. The van der Waals surface area contributed by atoms with Gasteiger partial charge in [-0.2, -0.15) is 17.6 Å². The number of anilines is 1. The molecule has 0 atom stereocenters. The first kappa shape index (κ1) is 22.5. The maximum atomic E-state index is 13.0. The van der Waals surface area contributed by atoms with E-state index < -0.39 is 28.7 Å². The quantitative estimate of drug-likeness (QED) is 0.305. The highest BCUT2D eigenvalue weighted by atomic mass is 35.5. The summed E-state index contributed by atoms with van der Waals surface area (Å²) in [7, 11) is 0. The lowest BCUT2D eigenvalue weighted by Crippen LogP contribution is -2.33. The molecule has 0 aliphatic heterocycles. The Morgan fingerprint density at radius 2 is 1.72 bits per heavy atom. The predicted octanol–water partition coefficient (Wildman–Crippen LogP) is 6.49. The van der Waals surface area contributed by atoms with Crippen molar-refractivity contribution in [2.24, 2.45) is 0 Å². The molecule has 0 radical (unpaired) electrons. The summed E-state index contributed by atoms with van der Waals surface area (Å²) in [5.74, 6) is -0.391. The van der Waals surface area contributed by atoms with Crippen molar-refractivity contribution in [1.82, 2.24) is 0 Å². The summed E-state index contributed by atoms with van der Waals surface area (Å²) in [5, 5.41) is 14.0. The fourth-order valence-corrected chi connectivity index (χ4v) is 2.41. The first-order valence-corrected chi connectivity index (χ1v) is 8.55. The number of halogens is 5. The second-order valence-corrected chi connectivity index (χ2v) is 7.38. The van der Waals surface area contributed by atoms with Crippen molar-refractivity contribution in [3.8, 4) is 17.2 Å². The van der Waals surface area contributed by atoms with E-state index in [4.69, 9.17) is 16.3 Å². The summed E-state index contributed by atoms with van der Waals surface area (Å²) in [6.07, 6.45) is -8.68. The van der Waals surface area contributed by atoms with Crippen LogP contribution in [0.1, 0.15) is 20.8 Å². The zero-order chi connectivity index (χ0) is 22.0. The molecule has 0 spiro atoms. The van der Waals surface area contributed by atoms with Crippen molar-refractivity contribution in [1.29, 1.82) is 0 Å². The van der Waals surface area contributed by atoms with Crippen molar-refractivity contribution in [2.45, 2.75) is 38.8 Å². The largest absolute Gasteiger partial charge is 0.461 e. The number of alkyl halides is 4. The summed E-state index contributed by atoms with van der Waals surface area (Å²) in [6.45, 7) is 5.44. The Labute approximate surface area is 168 Å². The van der Waals surface area contributed by atoms with Gasteiger partial charge in [-0.1, -0.05) is 11.6 Å². The van der Waals surface area contributed by atoms with Gasteiger partial charge >= 0.3 is 12.5 Å². The van der Waals surface area contributed by atoms with Crippen molar-refractivity contribution in [3.63, 3.8) is 0 Å². The van der Waals surface area contributed by atoms with Crippen LogP contribution in [0.15, 0.2) is 36.4 Å². The third-order valence-corrected chi connectivity index (χ3v) is 3.61. The van der Waals surface area contributed by atoms with Crippen molar-refractivity contribution in [2.75, 3.05) is 5.32 Å². The summed E-state index contributed by atoms with van der Waals surface area (Å²) >= 11 is 5.95. The number of hydrogen-bond donors (Lipinski definition) is 1. The van der Waals surface area contributed by atoms with E-state index in [0.29, 0.717) is 0 Å². The van der Waals surface area contributed by atoms with Crippen LogP contribution in [0.2, 0.25) is 5.02 Å². The molecule has 0 heterocycles. The fourth-order valence-electron chi connectivity index (χ4n) is 2.20. The van der Waals surface area contributed by atoms with Crippen LogP contribution in [0, 0.1) is 10.1 Å². The number of ether oxygens (including phenoxy) is 2. The standard InChI is InChI=1S/C18H17ClF4N2O4/c1-17(2,3)24-13-9-10(4-6-14(13)25(26)27)28-15-7-5-11(8-12(15)19)29-18(22,23)16(20)21/h4-9,16,24H,1-3H3. The molecule has 0 fully saturated rings. The van der Waals surface area contributed by atoms with Crippen molar-refractivity contribution < 1.29 is 32.0 Å². The van der Waals surface area contributed by atoms with Gasteiger partial charge in [0.2, 0.25) is 0 Å². The van der Waals surface area contributed by atoms with E-state index in [2.05, 4.69) is 10.1 Å². The molecule has 29 heavy (non-hydrogen) atoms. The molecule has 0 saturated carbocycles. The maximum absolute atomic E-state index is 13.0. The van der Waals surface area contributed by atoms with Gasteiger partial charge < -0.3 is 14.8 Å². The topological polar surface area (TPSA) is 73.6 Å². The molecule has 0 bridgehead atoms. The fraction of sp³-hybridized carbons (Fsp3) is 0.333. The third kappa shape index (κ3) is 6.11. The summed E-state index contributed by atoms with van der Waals surface area (Å²) < 4.78 is 59.9. The smallest absolute Gasteiger partial charge is 0.456 e. The molecule has 2 aromatic carbocycles. The third-order valence-electron chi connectivity index (χ3n) is 3.31. The van der Waals surface area contributed by atoms with Gasteiger partial charge in [-0.25, -0.2) is 0 Å². The predicted molar refractivity (Wildman–Crippen MR) is 99.6 cm³/mol. The van der Waals surface area contributed by atoms with Gasteiger partial charge in [0.05, 0.1) is 9.95 Å². The summed E-state index contributed by atoms with van der Waals surface area (Å²) in [5.41, 5.74) is -0.445. The molecule has 158 valence electrons. The lowest BCUT2D eigenvalue weighted by Gasteiger charge is -2.22. The molecule has 1 N–H and O–H groups in total. The second-order valence-electron chi connectivity index (χ2n) is 6.97. The number of nitro groups is 1. The molecule has 2 aromatic rings. The minimum absolute atomic E-state index is 0.00921. The lowest BCUT2D eigenvalue weighted by molar-refractivity contribution is -0.384. The molecular formula is C18H17ClF4N2O4. The minimum atomic E-state index is -4.67. The van der Waals surface area contributed by atoms with Gasteiger partial charge in [0, 0.05) is 23.7 Å². The van der Waals surface area contributed by atoms with E-state index in [0.717, 1.165) is 18.2 Å². The van der Waals surface area contributed by atoms with Crippen molar-refractivity contribution in [3.05, 3.63) is 51.5 Å². The van der Waals surface area contributed by atoms with E-state index in [9.17, 15) is 27.7 Å². The first-order chi connectivity index (χ1) is 13.3. The molecule has 11 heteroatoms. The number of rotatable bonds is 7. The number of benzene rings is 2. The molecule has 0 saturated heterocycles. The van der Waals surface area contributed by atoms with Crippen molar-refractivity contribution >= 4 is 23.0 Å². The zero-order valence-electron chi connectivity index (χ0n) is 15.5. The molecular weight excluding hydrogens is 420 g/mol. The van der Waals surface area contributed by atoms with Crippen LogP contribution in [0.3, 0.4) is 0 Å². The SMILES string of the molecule is CC(C)(C)Nc1cc(Oc2ccc(OC(F)(F)C(F)F)cc2Cl)ccc1[N+](=O)[O-]. The molecule has 0 aliphatic carbocycles. The molecule has 0 amide bonds. The summed E-state index contributed by atoms with van der Waals surface area (Å²) in [4.78, 5) is 10.7. The maximum Gasteiger partial charge on any atom is 0.461 e. The Balaban J connectivity index is 2.27. The Hall–Kier alpha value is -2.75. The normalized spacial score (nSPS) is 12.0. The summed E-state index contributed by atoms with van der Waals surface area (Å²) in [6, 6.07) is 6.98. The van der Waals surface area contributed by atoms with E-state index in [1.807, 2.05) is 20.8 Å². The Morgan fingerprint density at radius 3 is 2.24 bits per heavy atom. The highest BCUT2D eigenvalue weighted by Gasteiger charge is 2.44. The van der Waals surface area contributed by atoms with Crippen LogP contribution in [-0.2, 0) is 0 Å². The average Bonchev–Trinajstić information content (AvgIpc) is 2.55. The Bertz CT molecular complexity index is 904. The number of nitro benzene ring substituents is 1. The van der Waals surface area contributed by atoms with Gasteiger partial charge in [0.15, 0.2) is 0 Å². The molecule has 0 aromatic heterocycles. The van der Waals surface area contributed by atoms with E-state index in [1.54, 1.807) is 0 Å². The van der Waals surface area contributed by atoms with Crippen LogP contribution < -0.4 is 14.8 Å². The lowest BCUT2D eigenvalue weighted by atomic mass is 10.1.